The summed E-state index contributed by atoms with van der Waals surface area (Å²) in [5.41, 5.74) is 4.08. The predicted molar refractivity (Wildman–Crippen MR) is 109 cm³/mol. The summed E-state index contributed by atoms with van der Waals surface area (Å²) in [6.07, 6.45) is 0. The van der Waals surface area contributed by atoms with Gasteiger partial charge in [0.25, 0.3) is 5.22 Å². The Bertz CT molecular complexity index is 1030. The zero-order valence-electron chi connectivity index (χ0n) is 16.4. The van der Waals surface area contributed by atoms with Gasteiger partial charge in [-0.1, -0.05) is 35.0 Å². The zero-order valence-corrected chi connectivity index (χ0v) is 17.2. The highest BCUT2D eigenvalue weighted by atomic mass is 32.2. The van der Waals surface area contributed by atoms with Gasteiger partial charge in [0, 0.05) is 5.56 Å². The lowest BCUT2D eigenvalue weighted by atomic mass is 10.1. The molecule has 0 saturated heterocycles. The number of carbonyl (C=O) groups excluding carboxylic acids is 1. The Balaban J connectivity index is 1.33. The summed E-state index contributed by atoms with van der Waals surface area (Å²) in [7, 11) is 0. The lowest BCUT2D eigenvalue weighted by Gasteiger charge is -2.14. The van der Waals surface area contributed by atoms with Crippen molar-refractivity contribution in [2.24, 2.45) is 0 Å². The SMILES string of the molecule is Cc1cc(C)cc(-c2nnc(SCC(=O)N[C@H](C)c3ccc4c(c3)OCO4)o2)c1. The van der Waals surface area contributed by atoms with Gasteiger partial charge in [-0.2, -0.15) is 0 Å². The largest absolute Gasteiger partial charge is 0.454 e. The van der Waals surface area contributed by atoms with Gasteiger partial charge in [-0.3, -0.25) is 4.79 Å². The highest BCUT2D eigenvalue weighted by Gasteiger charge is 2.18. The van der Waals surface area contributed by atoms with E-state index < -0.39 is 0 Å². The molecule has 0 bridgehead atoms. The first-order chi connectivity index (χ1) is 14.0. The molecule has 1 N–H and O–H groups in total. The summed E-state index contributed by atoms with van der Waals surface area (Å²) < 4.78 is 16.4. The fraction of sp³-hybridized carbons (Fsp3) is 0.286. The highest BCUT2D eigenvalue weighted by Crippen LogP contribution is 2.34. The Morgan fingerprint density at radius 2 is 1.86 bits per heavy atom. The van der Waals surface area contributed by atoms with E-state index in [-0.39, 0.29) is 24.5 Å². The molecule has 1 atom stereocenters. The van der Waals surface area contributed by atoms with Crippen LogP contribution in [0.2, 0.25) is 0 Å². The number of nitrogens with zero attached hydrogens (tertiary/aromatic N) is 2. The molecule has 0 fully saturated rings. The number of aromatic nitrogens is 2. The average Bonchev–Trinajstić information content (AvgIpc) is 3.34. The van der Waals surface area contributed by atoms with E-state index in [4.69, 9.17) is 13.9 Å². The molecule has 0 unspecified atom stereocenters. The van der Waals surface area contributed by atoms with E-state index in [1.165, 1.54) is 11.8 Å². The van der Waals surface area contributed by atoms with Crippen LogP contribution in [0.25, 0.3) is 11.5 Å². The first-order valence-electron chi connectivity index (χ1n) is 9.22. The number of hydrogen-bond acceptors (Lipinski definition) is 7. The van der Waals surface area contributed by atoms with Crippen LogP contribution in [-0.4, -0.2) is 28.7 Å². The molecular weight excluding hydrogens is 390 g/mol. The molecule has 1 aromatic heterocycles. The molecule has 4 rings (SSSR count). The fourth-order valence-electron chi connectivity index (χ4n) is 3.16. The van der Waals surface area contributed by atoms with Crippen LogP contribution in [0, 0.1) is 13.8 Å². The number of hydrogen-bond donors (Lipinski definition) is 1. The zero-order chi connectivity index (χ0) is 20.4. The van der Waals surface area contributed by atoms with Gasteiger partial charge in [-0.05, 0) is 50.6 Å². The maximum absolute atomic E-state index is 12.3. The van der Waals surface area contributed by atoms with Gasteiger partial charge in [0.05, 0.1) is 11.8 Å². The maximum atomic E-state index is 12.3. The van der Waals surface area contributed by atoms with Crippen molar-refractivity contribution in [2.45, 2.75) is 32.0 Å². The summed E-state index contributed by atoms with van der Waals surface area (Å²) in [4.78, 5) is 12.3. The number of rotatable bonds is 6. The molecule has 1 aliphatic rings. The summed E-state index contributed by atoms with van der Waals surface area (Å²) >= 11 is 1.21. The van der Waals surface area contributed by atoms with Crippen molar-refractivity contribution in [1.82, 2.24) is 15.5 Å². The third-order valence-electron chi connectivity index (χ3n) is 4.48. The van der Waals surface area contributed by atoms with Gasteiger partial charge < -0.3 is 19.2 Å². The Hall–Kier alpha value is -3.00. The Labute approximate surface area is 172 Å². The quantitative estimate of drug-likeness (QED) is 0.612. The second-order valence-electron chi connectivity index (χ2n) is 6.94. The van der Waals surface area contributed by atoms with Crippen LogP contribution in [-0.2, 0) is 4.79 Å². The number of thioether (sulfide) groups is 1. The van der Waals surface area contributed by atoms with E-state index in [9.17, 15) is 4.79 Å². The number of nitrogens with one attached hydrogen (secondary N) is 1. The molecule has 8 heteroatoms. The van der Waals surface area contributed by atoms with Crippen molar-refractivity contribution in [2.75, 3.05) is 12.5 Å². The van der Waals surface area contributed by atoms with Gasteiger partial charge in [-0.25, -0.2) is 0 Å². The van der Waals surface area contributed by atoms with Gasteiger partial charge >= 0.3 is 0 Å². The third kappa shape index (κ3) is 4.54. The van der Waals surface area contributed by atoms with Crippen molar-refractivity contribution in [3.63, 3.8) is 0 Å². The van der Waals surface area contributed by atoms with E-state index >= 15 is 0 Å². The molecule has 7 nitrogen and oxygen atoms in total. The standard InChI is InChI=1S/C21H21N3O4S/c1-12-6-13(2)8-16(7-12)20-23-24-21(28-20)29-10-19(25)22-14(3)15-4-5-17-18(9-15)27-11-26-17/h4-9,14H,10-11H2,1-3H3,(H,22,25)/t14-/m1/s1. The molecular formula is C21H21N3O4S. The van der Waals surface area contributed by atoms with E-state index in [1.807, 2.05) is 51.1 Å². The van der Waals surface area contributed by atoms with Crippen LogP contribution in [0.3, 0.4) is 0 Å². The monoisotopic (exact) mass is 411 g/mol. The first kappa shape index (κ1) is 19.3. The summed E-state index contributed by atoms with van der Waals surface area (Å²) in [5.74, 6) is 1.94. The van der Waals surface area contributed by atoms with E-state index in [1.54, 1.807) is 0 Å². The molecule has 1 aliphatic heterocycles. The first-order valence-corrected chi connectivity index (χ1v) is 10.2. The van der Waals surface area contributed by atoms with Gasteiger partial charge in [0.2, 0.25) is 18.6 Å². The Morgan fingerprint density at radius 3 is 2.66 bits per heavy atom. The number of aryl methyl sites for hydroxylation is 2. The minimum absolute atomic E-state index is 0.119. The van der Waals surface area contributed by atoms with Gasteiger partial charge in [-0.15, -0.1) is 10.2 Å². The van der Waals surface area contributed by atoms with Crippen LogP contribution in [0.5, 0.6) is 11.5 Å². The summed E-state index contributed by atoms with van der Waals surface area (Å²) in [5, 5.41) is 11.5. The minimum atomic E-state index is -0.161. The van der Waals surface area contributed by atoms with Crippen LogP contribution in [0.4, 0.5) is 0 Å². The lowest BCUT2D eigenvalue weighted by Crippen LogP contribution is -2.28. The molecule has 150 valence electrons. The number of benzene rings is 2. The van der Waals surface area contributed by atoms with E-state index in [0.717, 1.165) is 28.0 Å². The van der Waals surface area contributed by atoms with Crippen LogP contribution in [0.1, 0.15) is 29.7 Å². The number of ether oxygens (including phenoxy) is 2. The lowest BCUT2D eigenvalue weighted by molar-refractivity contribution is -0.119. The summed E-state index contributed by atoms with van der Waals surface area (Å²) in [6.45, 7) is 6.19. The summed E-state index contributed by atoms with van der Waals surface area (Å²) in [6, 6.07) is 11.6. The molecule has 3 aromatic rings. The van der Waals surface area contributed by atoms with Crippen LogP contribution >= 0.6 is 11.8 Å². The molecule has 2 aromatic carbocycles. The molecule has 29 heavy (non-hydrogen) atoms. The van der Waals surface area contributed by atoms with E-state index in [2.05, 4.69) is 21.6 Å². The van der Waals surface area contributed by atoms with E-state index in [0.29, 0.717) is 16.9 Å². The minimum Gasteiger partial charge on any atom is -0.454 e. The smallest absolute Gasteiger partial charge is 0.277 e. The molecule has 1 amide bonds. The third-order valence-corrected chi connectivity index (χ3v) is 5.29. The van der Waals surface area contributed by atoms with Gasteiger partial charge in [0.15, 0.2) is 11.5 Å². The molecule has 2 heterocycles. The predicted octanol–water partition coefficient (Wildman–Crippen LogP) is 4.05. The molecule has 0 aliphatic carbocycles. The molecule has 0 spiro atoms. The van der Waals surface area contributed by atoms with Gasteiger partial charge in [0.1, 0.15) is 0 Å². The Kier molecular flexibility index (Phi) is 5.44. The number of carbonyl (C=O) groups is 1. The van der Waals surface area contributed by atoms with Crippen molar-refractivity contribution in [1.29, 1.82) is 0 Å². The van der Waals surface area contributed by atoms with Crippen molar-refractivity contribution < 1.29 is 18.7 Å². The van der Waals surface area contributed by atoms with Crippen LogP contribution < -0.4 is 14.8 Å². The molecule has 0 radical (unpaired) electrons. The molecule has 0 saturated carbocycles. The number of amides is 1. The van der Waals surface area contributed by atoms with Crippen LogP contribution in [0.15, 0.2) is 46.0 Å². The second kappa shape index (κ2) is 8.16. The Morgan fingerprint density at radius 1 is 1.10 bits per heavy atom. The fourth-order valence-corrected chi connectivity index (χ4v) is 3.73. The van der Waals surface area contributed by atoms with Crippen molar-refractivity contribution >= 4 is 17.7 Å². The average molecular weight is 411 g/mol. The normalized spacial score (nSPS) is 13.3. The topological polar surface area (TPSA) is 86.5 Å². The second-order valence-corrected chi connectivity index (χ2v) is 7.87. The highest BCUT2D eigenvalue weighted by molar-refractivity contribution is 7.99. The maximum Gasteiger partial charge on any atom is 0.277 e. The van der Waals surface area contributed by atoms with Crippen molar-refractivity contribution in [3.8, 4) is 23.0 Å². The number of fused-ring (bicyclic) bond motifs is 1. The van der Waals surface area contributed by atoms with Crippen molar-refractivity contribution in [3.05, 3.63) is 53.1 Å².